The molecule has 2 rings (SSSR count). The standard InChI is InChI=1S/C18H20ClNO3/c1-22-16-8-2-5-14(11-16)6-4-10-20-18(21)13-23-17-9-3-7-15(19)12-17/h2-3,5,7-9,11-12H,4,6,10,13H2,1H3,(H,20,21). The predicted octanol–water partition coefficient (Wildman–Crippen LogP) is 3.48. The van der Waals surface area contributed by atoms with Gasteiger partial charge in [0.25, 0.3) is 5.91 Å². The maximum absolute atomic E-state index is 11.7. The van der Waals surface area contributed by atoms with Crippen LogP contribution in [-0.4, -0.2) is 26.2 Å². The van der Waals surface area contributed by atoms with Crippen molar-refractivity contribution >= 4 is 17.5 Å². The van der Waals surface area contributed by atoms with Crippen LogP contribution in [0.3, 0.4) is 0 Å². The number of hydrogen-bond acceptors (Lipinski definition) is 3. The first kappa shape index (κ1) is 17.2. The van der Waals surface area contributed by atoms with Gasteiger partial charge in [0.1, 0.15) is 11.5 Å². The first-order valence-corrected chi connectivity index (χ1v) is 7.83. The van der Waals surface area contributed by atoms with Gasteiger partial charge in [0.15, 0.2) is 6.61 Å². The molecule has 0 unspecified atom stereocenters. The zero-order valence-electron chi connectivity index (χ0n) is 13.0. The molecule has 1 N–H and O–H groups in total. The molecule has 0 saturated carbocycles. The molecule has 0 atom stereocenters. The van der Waals surface area contributed by atoms with Crippen molar-refractivity contribution in [1.29, 1.82) is 0 Å². The van der Waals surface area contributed by atoms with Crippen molar-refractivity contribution in [3.05, 3.63) is 59.1 Å². The third-order valence-electron chi connectivity index (χ3n) is 3.26. The topological polar surface area (TPSA) is 47.6 Å². The Hall–Kier alpha value is -2.20. The summed E-state index contributed by atoms with van der Waals surface area (Å²) in [5.41, 5.74) is 1.19. The minimum Gasteiger partial charge on any atom is -0.497 e. The van der Waals surface area contributed by atoms with Crippen LogP contribution in [0, 0.1) is 0 Å². The summed E-state index contributed by atoms with van der Waals surface area (Å²) < 4.78 is 10.6. The van der Waals surface area contributed by atoms with E-state index in [9.17, 15) is 4.79 Å². The molecule has 0 spiro atoms. The number of carbonyl (C=O) groups is 1. The Kier molecular flexibility index (Phi) is 6.76. The van der Waals surface area contributed by atoms with Gasteiger partial charge in [0.2, 0.25) is 0 Å². The lowest BCUT2D eigenvalue weighted by molar-refractivity contribution is -0.123. The van der Waals surface area contributed by atoms with Gasteiger partial charge in [0, 0.05) is 11.6 Å². The van der Waals surface area contributed by atoms with Gasteiger partial charge in [-0.3, -0.25) is 4.79 Å². The zero-order chi connectivity index (χ0) is 16.5. The van der Waals surface area contributed by atoms with Gasteiger partial charge in [-0.1, -0.05) is 29.8 Å². The zero-order valence-corrected chi connectivity index (χ0v) is 13.8. The smallest absolute Gasteiger partial charge is 0.257 e. The maximum atomic E-state index is 11.7. The Balaban J connectivity index is 1.64. The Morgan fingerprint density at radius 3 is 2.70 bits per heavy atom. The predicted molar refractivity (Wildman–Crippen MR) is 91.3 cm³/mol. The number of aryl methyl sites for hydroxylation is 1. The molecule has 0 fully saturated rings. The van der Waals surface area contributed by atoms with E-state index in [4.69, 9.17) is 21.1 Å². The highest BCUT2D eigenvalue weighted by atomic mass is 35.5. The molecule has 0 aliphatic carbocycles. The molecular weight excluding hydrogens is 314 g/mol. The molecule has 5 heteroatoms. The van der Waals surface area contributed by atoms with Crippen LogP contribution in [0.1, 0.15) is 12.0 Å². The Morgan fingerprint density at radius 1 is 1.13 bits per heavy atom. The monoisotopic (exact) mass is 333 g/mol. The third-order valence-corrected chi connectivity index (χ3v) is 3.50. The van der Waals surface area contributed by atoms with Crippen molar-refractivity contribution in [2.24, 2.45) is 0 Å². The molecule has 2 aromatic carbocycles. The summed E-state index contributed by atoms with van der Waals surface area (Å²) in [7, 11) is 1.65. The van der Waals surface area contributed by atoms with Gasteiger partial charge in [-0.05, 0) is 48.7 Å². The molecule has 122 valence electrons. The molecule has 0 saturated heterocycles. The normalized spacial score (nSPS) is 10.2. The van der Waals surface area contributed by atoms with E-state index in [1.807, 2.05) is 24.3 Å². The van der Waals surface area contributed by atoms with E-state index in [-0.39, 0.29) is 12.5 Å². The number of carbonyl (C=O) groups excluding carboxylic acids is 1. The van der Waals surface area contributed by atoms with Crippen LogP contribution in [-0.2, 0) is 11.2 Å². The van der Waals surface area contributed by atoms with E-state index in [1.54, 1.807) is 31.4 Å². The van der Waals surface area contributed by atoms with Crippen molar-refractivity contribution in [2.75, 3.05) is 20.3 Å². The summed E-state index contributed by atoms with van der Waals surface area (Å²) in [6.45, 7) is 0.592. The minimum absolute atomic E-state index is 0.0144. The Morgan fingerprint density at radius 2 is 1.91 bits per heavy atom. The lowest BCUT2D eigenvalue weighted by Gasteiger charge is -2.08. The highest BCUT2D eigenvalue weighted by molar-refractivity contribution is 6.30. The van der Waals surface area contributed by atoms with Gasteiger partial charge in [-0.2, -0.15) is 0 Å². The van der Waals surface area contributed by atoms with E-state index in [1.165, 1.54) is 5.56 Å². The summed E-state index contributed by atoms with van der Waals surface area (Å²) >= 11 is 5.85. The van der Waals surface area contributed by atoms with Gasteiger partial charge in [0.05, 0.1) is 7.11 Å². The summed E-state index contributed by atoms with van der Waals surface area (Å²) in [4.78, 5) is 11.7. The largest absolute Gasteiger partial charge is 0.497 e. The van der Waals surface area contributed by atoms with Crippen molar-refractivity contribution in [3.8, 4) is 11.5 Å². The third kappa shape index (κ3) is 6.20. The van der Waals surface area contributed by atoms with Crippen molar-refractivity contribution < 1.29 is 14.3 Å². The van der Waals surface area contributed by atoms with Crippen LogP contribution in [0.15, 0.2) is 48.5 Å². The molecule has 1 amide bonds. The number of amides is 1. The van der Waals surface area contributed by atoms with Crippen molar-refractivity contribution in [3.63, 3.8) is 0 Å². The highest BCUT2D eigenvalue weighted by Crippen LogP contribution is 2.17. The van der Waals surface area contributed by atoms with Gasteiger partial charge < -0.3 is 14.8 Å². The maximum Gasteiger partial charge on any atom is 0.257 e. The Labute approximate surface area is 141 Å². The molecule has 0 heterocycles. The van der Waals surface area contributed by atoms with Gasteiger partial charge >= 0.3 is 0 Å². The molecule has 0 aliphatic heterocycles. The van der Waals surface area contributed by atoms with E-state index in [0.29, 0.717) is 17.3 Å². The number of ether oxygens (including phenoxy) is 2. The second-order valence-corrected chi connectivity index (χ2v) is 5.49. The molecule has 2 aromatic rings. The molecule has 4 nitrogen and oxygen atoms in total. The highest BCUT2D eigenvalue weighted by Gasteiger charge is 2.03. The van der Waals surface area contributed by atoms with E-state index < -0.39 is 0 Å². The average molecular weight is 334 g/mol. The van der Waals surface area contributed by atoms with Gasteiger partial charge in [-0.15, -0.1) is 0 Å². The summed E-state index contributed by atoms with van der Waals surface area (Å²) in [5.74, 6) is 1.29. The fraction of sp³-hybridized carbons (Fsp3) is 0.278. The molecule has 0 aromatic heterocycles. The summed E-state index contributed by atoms with van der Waals surface area (Å²) in [5, 5.41) is 3.42. The average Bonchev–Trinajstić information content (AvgIpc) is 2.57. The quantitative estimate of drug-likeness (QED) is 0.752. The fourth-order valence-electron chi connectivity index (χ4n) is 2.10. The molecule has 23 heavy (non-hydrogen) atoms. The SMILES string of the molecule is COc1cccc(CCCNC(=O)COc2cccc(Cl)c2)c1. The van der Waals surface area contributed by atoms with Crippen LogP contribution in [0.25, 0.3) is 0 Å². The number of benzene rings is 2. The number of rotatable bonds is 8. The number of nitrogens with one attached hydrogen (secondary N) is 1. The molecule has 0 radical (unpaired) electrons. The first-order valence-electron chi connectivity index (χ1n) is 7.45. The number of hydrogen-bond donors (Lipinski definition) is 1. The van der Waals surface area contributed by atoms with Crippen molar-refractivity contribution in [2.45, 2.75) is 12.8 Å². The van der Waals surface area contributed by atoms with Crippen LogP contribution in [0.2, 0.25) is 5.02 Å². The van der Waals surface area contributed by atoms with Crippen molar-refractivity contribution in [1.82, 2.24) is 5.32 Å². The Bertz CT molecular complexity index is 646. The van der Waals surface area contributed by atoms with E-state index in [0.717, 1.165) is 18.6 Å². The molecule has 0 aliphatic rings. The second kappa shape index (κ2) is 9.06. The van der Waals surface area contributed by atoms with E-state index in [2.05, 4.69) is 5.32 Å². The van der Waals surface area contributed by atoms with Crippen LogP contribution >= 0.6 is 11.6 Å². The second-order valence-electron chi connectivity index (χ2n) is 5.05. The fourth-order valence-corrected chi connectivity index (χ4v) is 2.29. The van der Waals surface area contributed by atoms with E-state index >= 15 is 0 Å². The molecular formula is C18H20ClNO3. The van der Waals surface area contributed by atoms with Crippen LogP contribution in [0.4, 0.5) is 0 Å². The lowest BCUT2D eigenvalue weighted by atomic mass is 10.1. The van der Waals surface area contributed by atoms with Crippen LogP contribution < -0.4 is 14.8 Å². The number of halogens is 1. The van der Waals surface area contributed by atoms with Gasteiger partial charge in [-0.25, -0.2) is 0 Å². The minimum atomic E-state index is -0.143. The lowest BCUT2D eigenvalue weighted by Crippen LogP contribution is -2.29. The summed E-state index contributed by atoms with van der Waals surface area (Å²) in [6.07, 6.45) is 1.74. The molecule has 0 bridgehead atoms. The van der Waals surface area contributed by atoms with Crippen LogP contribution in [0.5, 0.6) is 11.5 Å². The first-order chi connectivity index (χ1) is 11.2. The number of methoxy groups -OCH3 is 1. The summed E-state index contributed by atoms with van der Waals surface area (Å²) in [6, 6.07) is 14.9.